The first kappa shape index (κ1) is 10.1. The molecule has 2 aromatic carbocycles. The predicted molar refractivity (Wildman–Crippen MR) is 73.3 cm³/mol. The highest BCUT2D eigenvalue weighted by molar-refractivity contribution is 6.02. The number of fused-ring (bicyclic) bond motifs is 3. The van der Waals surface area contributed by atoms with E-state index in [1.807, 2.05) is 0 Å². The number of ether oxygens (including phenoxy) is 1. The molecule has 1 nitrogen and oxygen atoms in total. The number of benzene rings is 2. The van der Waals surface area contributed by atoms with E-state index in [0.29, 0.717) is 0 Å². The third kappa shape index (κ3) is 1.31. The van der Waals surface area contributed by atoms with E-state index in [4.69, 9.17) is 4.74 Å². The maximum absolute atomic E-state index is 5.54. The van der Waals surface area contributed by atoms with Gasteiger partial charge in [-0.3, -0.25) is 0 Å². The summed E-state index contributed by atoms with van der Waals surface area (Å²) >= 11 is 0. The van der Waals surface area contributed by atoms with Crippen molar-refractivity contribution in [2.24, 2.45) is 0 Å². The monoisotopic (exact) mass is 234 g/mol. The van der Waals surface area contributed by atoms with Crippen LogP contribution in [-0.4, -0.2) is 13.2 Å². The van der Waals surface area contributed by atoms with Gasteiger partial charge in [0.15, 0.2) is 0 Å². The molecule has 1 heterocycles. The fourth-order valence-electron chi connectivity index (χ4n) is 3.06. The molecule has 0 amide bonds. The van der Waals surface area contributed by atoms with Gasteiger partial charge < -0.3 is 4.74 Å². The van der Waals surface area contributed by atoms with Crippen LogP contribution in [0.1, 0.15) is 17.5 Å². The first-order chi connectivity index (χ1) is 8.95. The van der Waals surface area contributed by atoms with E-state index in [-0.39, 0.29) is 0 Å². The molecule has 2 aliphatic rings. The molecule has 1 saturated heterocycles. The molecule has 1 aliphatic heterocycles. The summed E-state index contributed by atoms with van der Waals surface area (Å²) in [5.41, 5.74) is 8.34. The zero-order valence-electron chi connectivity index (χ0n) is 10.1. The Hall–Kier alpha value is -1.86. The van der Waals surface area contributed by atoms with Gasteiger partial charge in [-0.15, -0.1) is 0 Å². The molecule has 0 spiro atoms. The second-order valence-corrected chi connectivity index (χ2v) is 4.87. The summed E-state index contributed by atoms with van der Waals surface area (Å²) in [4.78, 5) is 0. The lowest BCUT2D eigenvalue weighted by Gasteiger charge is -2.06. The van der Waals surface area contributed by atoms with Gasteiger partial charge in [0, 0.05) is 0 Å². The van der Waals surface area contributed by atoms with Crippen molar-refractivity contribution in [3.05, 3.63) is 65.2 Å². The molecule has 4 rings (SSSR count). The average Bonchev–Trinajstić information content (AvgIpc) is 3.03. The molecule has 0 aromatic heterocycles. The van der Waals surface area contributed by atoms with Gasteiger partial charge in [-0.2, -0.15) is 0 Å². The fraction of sp³-hybridized carbons (Fsp3) is 0.176. The molecule has 0 bridgehead atoms. The summed E-state index contributed by atoms with van der Waals surface area (Å²) in [6.45, 7) is 1.65. The van der Waals surface area contributed by atoms with Gasteiger partial charge in [0.2, 0.25) is 0 Å². The van der Waals surface area contributed by atoms with E-state index in [2.05, 4.69) is 48.5 Å². The normalized spacial score (nSPS) is 16.9. The number of hydrogen-bond acceptors (Lipinski definition) is 1. The summed E-state index contributed by atoms with van der Waals surface area (Å²) in [6.07, 6.45) is 1.07. The van der Waals surface area contributed by atoms with Gasteiger partial charge in [0.05, 0.1) is 13.2 Å². The fourth-order valence-corrected chi connectivity index (χ4v) is 3.06. The van der Waals surface area contributed by atoms with Crippen LogP contribution < -0.4 is 0 Å². The lowest BCUT2D eigenvalue weighted by Crippen LogP contribution is -1.90. The van der Waals surface area contributed by atoms with Gasteiger partial charge in [-0.1, -0.05) is 48.5 Å². The molecular formula is C17H14O. The van der Waals surface area contributed by atoms with Crippen molar-refractivity contribution in [1.29, 1.82) is 0 Å². The van der Waals surface area contributed by atoms with Crippen molar-refractivity contribution in [2.75, 3.05) is 13.2 Å². The van der Waals surface area contributed by atoms with Gasteiger partial charge >= 0.3 is 0 Å². The Bertz CT molecular complexity index is 597. The van der Waals surface area contributed by atoms with Gasteiger partial charge in [-0.05, 0) is 39.8 Å². The van der Waals surface area contributed by atoms with Gasteiger partial charge in [0.1, 0.15) is 0 Å². The lowest BCUT2D eigenvalue weighted by atomic mass is 9.97. The van der Waals surface area contributed by atoms with Crippen LogP contribution >= 0.6 is 0 Å². The van der Waals surface area contributed by atoms with E-state index in [1.165, 1.54) is 33.4 Å². The summed E-state index contributed by atoms with van der Waals surface area (Å²) < 4.78 is 5.54. The zero-order valence-corrected chi connectivity index (χ0v) is 10.1. The van der Waals surface area contributed by atoms with Crippen LogP contribution in [0.2, 0.25) is 0 Å². The van der Waals surface area contributed by atoms with E-state index >= 15 is 0 Å². The topological polar surface area (TPSA) is 9.23 Å². The van der Waals surface area contributed by atoms with Crippen molar-refractivity contribution in [1.82, 2.24) is 0 Å². The van der Waals surface area contributed by atoms with E-state index in [0.717, 1.165) is 19.6 Å². The Morgan fingerprint density at radius 2 is 1.28 bits per heavy atom. The molecule has 0 radical (unpaired) electrons. The minimum atomic E-state index is 0.790. The number of rotatable bonds is 0. The lowest BCUT2D eigenvalue weighted by molar-refractivity contribution is 0.205. The third-order valence-corrected chi connectivity index (χ3v) is 3.86. The Balaban J connectivity index is 2.07. The molecule has 1 fully saturated rings. The van der Waals surface area contributed by atoms with Crippen LogP contribution in [0.3, 0.4) is 0 Å². The van der Waals surface area contributed by atoms with Crippen LogP contribution in [0.25, 0.3) is 16.7 Å². The second-order valence-electron chi connectivity index (χ2n) is 4.87. The molecule has 18 heavy (non-hydrogen) atoms. The second kappa shape index (κ2) is 3.82. The first-order valence-electron chi connectivity index (χ1n) is 6.44. The molecule has 2 aromatic rings. The van der Waals surface area contributed by atoms with Crippen molar-refractivity contribution in [3.63, 3.8) is 0 Å². The minimum absolute atomic E-state index is 0.790. The molecule has 0 unspecified atom stereocenters. The highest BCUT2D eigenvalue weighted by atomic mass is 16.5. The zero-order chi connectivity index (χ0) is 11.9. The molecular weight excluding hydrogens is 220 g/mol. The van der Waals surface area contributed by atoms with Crippen molar-refractivity contribution < 1.29 is 4.74 Å². The first-order valence-corrected chi connectivity index (χ1v) is 6.44. The van der Waals surface area contributed by atoms with Crippen LogP contribution in [0, 0.1) is 0 Å². The summed E-state index contributed by atoms with van der Waals surface area (Å²) in [6, 6.07) is 17.4. The Kier molecular flexibility index (Phi) is 2.14. The highest BCUT2D eigenvalue weighted by Crippen LogP contribution is 2.46. The maximum atomic E-state index is 5.54. The average molecular weight is 234 g/mol. The summed E-state index contributed by atoms with van der Waals surface area (Å²) in [5.74, 6) is 0. The summed E-state index contributed by atoms with van der Waals surface area (Å²) in [5, 5.41) is 0. The summed E-state index contributed by atoms with van der Waals surface area (Å²) in [7, 11) is 0. The largest absolute Gasteiger partial charge is 0.377 e. The standard InChI is InChI=1S/C17H14O/c1-3-7-15-13(5-1)14-6-2-4-8-16(14)17(15)12-9-10-18-11-12/h1-8H,9-11H2. The highest BCUT2D eigenvalue weighted by Gasteiger charge is 2.26. The van der Waals surface area contributed by atoms with Crippen LogP contribution in [0.15, 0.2) is 54.1 Å². The van der Waals surface area contributed by atoms with Crippen LogP contribution in [-0.2, 0) is 4.74 Å². The predicted octanol–water partition coefficient (Wildman–Crippen LogP) is 3.89. The molecule has 1 heteroatoms. The smallest absolute Gasteiger partial charge is 0.0687 e. The van der Waals surface area contributed by atoms with Crippen LogP contribution in [0.4, 0.5) is 0 Å². The Morgan fingerprint density at radius 1 is 0.722 bits per heavy atom. The molecule has 88 valence electrons. The quantitative estimate of drug-likeness (QED) is 0.573. The molecule has 0 atom stereocenters. The minimum Gasteiger partial charge on any atom is -0.377 e. The Labute approximate surface area is 107 Å². The van der Waals surface area contributed by atoms with Gasteiger partial charge in [0.25, 0.3) is 0 Å². The molecule has 1 aliphatic carbocycles. The van der Waals surface area contributed by atoms with Crippen molar-refractivity contribution in [3.8, 4) is 11.1 Å². The molecule has 0 saturated carbocycles. The van der Waals surface area contributed by atoms with Gasteiger partial charge in [-0.25, -0.2) is 0 Å². The number of hydrogen-bond donors (Lipinski definition) is 0. The van der Waals surface area contributed by atoms with Crippen molar-refractivity contribution in [2.45, 2.75) is 6.42 Å². The Morgan fingerprint density at radius 3 is 1.78 bits per heavy atom. The van der Waals surface area contributed by atoms with Crippen molar-refractivity contribution >= 4 is 5.57 Å². The van der Waals surface area contributed by atoms with E-state index in [1.54, 1.807) is 0 Å². The molecule has 0 N–H and O–H groups in total. The maximum Gasteiger partial charge on any atom is 0.0687 e. The SMILES string of the molecule is c1ccc2c(c1)C(=C1CCOC1)c1ccccc1-2. The van der Waals surface area contributed by atoms with E-state index < -0.39 is 0 Å². The van der Waals surface area contributed by atoms with E-state index in [9.17, 15) is 0 Å². The third-order valence-electron chi connectivity index (χ3n) is 3.86. The van der Waals surface area contributed by atoms with Crippen LogP contribution in [0.5, 0.6) is 0 Å².